The Bertz CT molecular complexity index is 306. The van der Waals surface area contributed by atoms with Crippen molar-refractivity contribution in [1.29, 1.82) is 5.26 Å². The van der Waals surface area contributed by atoms with Gasteiger partial charge in [-0.1, -0.05) is 6.42 Å². The van der Waals surface area contributed by atoms with Crippen molar-refractivity contribution < 1.29 is 4.79 Å². The van der Waals surface area contributed by atoms with Crippen molar-refractivity contribution >= 4 is 5.91 Å². The van der Waals surface area contributed by atoms with Crippen LogP contribution < -0.4 is 10.6 Å². The van der Waals surface area contributed by atoms with Crippen LogP contribution in [-0.2, 0) is 4.79 Å². The monoisotopic (exact) mass is 235 g/mol. The molecule has 2 fully saturated rings. The van der Waals surface area contributed by atoms with E-state index < -0.39 is 0 Å². The molecular weight excluding hydrogens is 214 g/mol. The molecule has 2 rings (SSSR count). The molecule has 2 atom stereocenters. The zero-order valence-electron chi connectivity index (χ0n) is 10.2. The summed E-state index contributed by atoms with van der Waals surface area (Å²) in [5, 5.41) is 15.3. The van der Waals surface area contributed by atoms with E-state index >= 15 is 0 Å². The van der Waals surface area contributed by atoms with E-state index in [4.69, 9.17) is 5.26 Å². The van der Waals surface area contributed by atoms with Crippen LogP contribution in [0, 0.1) is 17.2 Å². The predicted octanol–water partition coefficient (Wildman–Crippen LogP) is 1.33. The zero-order chi connectivity index (χ0) is 12.1. The second-order valence-corrected chi connectivity index (χ2v) is 5.17. The number of hydrogen-bond acceptors (Lipinski definition) is 3. The van der Waals surface area contributed by atoms with Gasteiger partial charge in [-0.15, -0.1) is 0 Å². The van der Waals surface area contributed by atoms with Gasteiger partial charge in [0.05, 0.1) is 12.0 Å². The van der Waals surface area contributed by atoms with Crippen molar-refractivity contribution in [2.75, 3.05) is 6.54 Å². The van der Waals surface area contributed by atoms with Crippen LogP contribution in [0.15, 0.2) is 0 Å². The lowest BCUT2D eigenvalue weighted by Crippen LogP contribution is -2.33. The number of rotatable bonds is 6. The van der Waals surface area contributed by atoms with Crippen LogP contribution in [-0.4, -0.2) is 24.5 Å². The molecule has 0 aromatic rings. The lowest BCUT2D eigenvalue weighted by atomic mass is 10.1. The number of carbonyl (C=O) groups is 1. The highest BCUT2D eigenvalue weighted by atomic mass is 16.1. The number of nitrogens with one attached hydrogen (secondary N) is 2. The van der Waals surface area contributed by atoms with Crippen molar-refractivity contribution in [2.24, 2.45) is 5.92 Å². The molecule has 2 saturated carbocycles. The highest BCUT2D eigenvalue weighted by Gasteiger charge is 2.26. The van der Waals surface area contributed by atoms with Gasteiger partial charge in [0.15, 0.2) is 0 Å². The topological polar surface area (TPSA) is 64.9 Å². The lowest BCUT2D eigenvalue weighted by molar-refractivity contribution is -0.121. The van der Waals surface area contributed by atoms with Gasteiger partial charge in [0.1, 0.15) is 0 Å². The first-order chi connectivity index (χ1) is 8.29. The molecule has 94 valence electrons. The first-order valence-electron chi connectivity index (χ1n) is 6.72. The van der Waals surface area contributed by atoms with Gasteiger partial charge in [-0.05, 0) is 38.6 Å². The summed E-state index contributed by atoms with van der Waals surface area (Å²) in [7, 11) is 0. The SMILES string of the molecule is N#CC1CCCC1NCCCC(=O)NC1CC1. The molecule has 0 spiro atoms. The van der Waals surface area contributed by atoms with Gasteiger partial charge in [-0.25, -0.2) is 0 Å². The number of hydrogen-bond donors (Lipinski definition) is 2. The van der Waals surface area contributed by atoms with E-state index in [-0.39, 0.29) is 11.8 Å². The average molecular weight is 235 g/mol. The maximum absolute atomic E-state index is 11.4. The highest BCUT2D eigenvalue weighted by Crippen LogP contribution is 2.24. The van der Waals surface area contributed by atoms with Crippen LogP contribution in [0.1, 0.15) is 44.9 Å². The Morgan fingerprint density at radius 2 is 2.12 bits per heavy atom. The molecule has 2 aliphatic rings. The van der Waals surface area contributed by atoms with E-state index in [2.05, 4.69) is 16.7 Å². The molecular formula is C13H21N3O. The number of amides is 1. The molecule has 0 saturated heterocycles. The van der Waals surface area contributed by atoms with Crippen molar-refractivity contribution in [3.63, 3.8) is 0 Å². The summed E-state index contributed by atoms with van der Waals surface area (Å²) in [5.74, 6) is 0.354. The molecule has 2 aliphatic carbocycles. The van der Waals surface area contributed by atoms with Crippen LogP contribution in [0.2, 0.25) is 0 Å². The predicted molar refractivity (Wildman–Crippen MR) is 65.1 cm³/mol. The van der Waals surface area contributed by atoms with E-state index in [0.29, 0.717) is 18.5 Å². The van der Waals surface area contributed by atoms with Gasteiger partial charge < -0.3 is 10.6 Å². The van der Waals surface area contributed by atoms with E-state index in [1.165, 1.54) is 0 Å². The molecule has 0 bridgehead atoms. The first kappa shape index (κ1) is 12.4. The molecule has 4 heteroatoms. The maximum atomic E-state index is 11.4. The van der Waals surface area contributed by atoms with Crippen LogP contribution in [0.25, 0.3) is 0 Å². The Hall–Kier alpha value is -1.08. The zero-order valence-corrected chi connectivity index (χ0v) is 10.2. The van der Waals surface area contributed by atoms with Gasteiger partial charge in [0.2, 0.25) is 5.91 Å². The third-order valence-corrected chi connectivity index (χ3v) is 3.61. The Morgan fingerprint density at radius 3 is 2.82 bits per heavy atom. The summed E-state index contributed by atoms with van der Waals surface area (Å²) in [4.78, 5) is 11.4. The Kier molecular flexibility index (Phi) is 4.38. The van der Waals surface area contributed by atoms with E-state index in [1.54, 1.807) is 0 Å². The van der Waals surface area contributed by atoms with Crippen LogP contribution in [0.3, 0.4) is 0 Å². The first-order valence-corrected chi connectivity index (χ1v) is 6.72. The summed E-state index contributed by atoms with van der Waals surface area (Å²) in [6.45, 7) is 0.848. The molecule has 0 aromatic heterocycles. The molecule has 17 heavy (non-hydrogen) atoms. The summed E-state index contributed by atoms with van der Waals surface area (Å²) < 4.78 is 0. The van der Waals surface area contributed by atoms with Crippen LogP contribution in [0.5, 0.6) is 0 Å². The minimum absolute atomic E-state index is 0.176. The highest BCUT2D eigenvalue weighted by molar-refractivity contribution is 5.76. The molecule has 4 nitrogen and oxygen atoms in total. The molecule has 2 N–H and O–H groups in total. The van der Waals surface area contributed by atoms with Crippen molar-refractivity contribution in [1.82, 2.24) is 10.6 Å². The Labute approximate surface area is 103 Å². The number of nitriles is 1. The molecule has 0 aromatic carbocycles. The van der Waals surface area contributed by atoms with Crippen molar-refractivity contribution in [3.05, 3.63) is 0 Å². The van der Waals surface area contributed by atoms with Crippen LogP contribution in [0.4, 0.5) is 0 Å². The normalized spacial score (nSPS) is 27.7. The molecule has 0 heterocycles. The standard InChI is InChI=1S/C13H21N3O/c14-9-10-3-1-4-12(10)15-8-2-5-13(17)16-11-6-7-11/h10-12,15H,1-8H2,(H,16,17). The summed E-state index contributed by atoms with van der Waals surface area (Å²) in [6.07, 6.45) is 7.05. The van der Waals surface area contributed by atoms with E-state index in [0.717, 1.165) is 45.1 Å². The fraction of sp³-hybridized carbons (Fsp3) is 0.846. The second kappa shape index (κ2) is 6.02. The summed E-state index contributed by atoms with van der Waals surface area (Å²) in [5.41, 5.74) is 0. The minimum Gasteiger partial charge on any atom is -0.353 e. The van der Waals surface area contributed by atoms with Gasteiger partial charge >= 0.3 is 0 Å². The second-order valence-electron chi connectivity index (χ2n) is 5.17. The smallest absolute Gasteiger partial charge is 0.220 e. The average Bonchev–Trinajstić information content (AvgIpc) is 3.01. The number of nitrogens with zero attached hydrogens (tertiary/aromatic N) is 1. The van der Waals surface area contributed by atoms with Crippen LogP contribution >= 0.6 is 0 Å². The largest absolute Gasteiger partial charge is 0.353 e. The fourth-order valence-corrected chi connectivity index (χ4v) is 2.42. The third-order valence-electron chi connectivity index (χ3n) is 3.61. The van der Waals surface area contributed by atoms with Gasteiger partial charge in [0.25, 0.3) is 0 Å². The summed E-state index contributed by atoms with van der Waals surface area (Å²) in [6, 6.07) is 3.18. The van der Waals surface area contributed by atoms with Gasteiger partial charge in [-0.3, -0.25) is 4.79 Å². The summed E-state index contributed by atoms with van der Waals surface area (Å²) >= 11 is 0. The molecule has 2 unspecified atom stereocenters. The molecule has 0 radical (unpaired) electrons. The van der Waals surface area contributed by atoms with Crippen molar-refractivity contribution in [2.45, 2.75) is 57.0 Å². The van der Waals surface area contributed by atoms with E-state index in [1.807, 2.05) is 0 Å². The lowest BCUT2D eigenvalue weighted by Gasteiger charge is -2.15. The maximum Gasteiger partial charge on any atom is 0.220 e. The Balaban J connectivity index is 1.53. The minimum atomic E-state index is 0.176. The van der Waals surface area contributed by atoms with Gasteiger partial charge in [0, 0.05) is 18.5 Å². The van der Waals surface area contributed by atoms with Crippen molar-refractivity contribution in [3.8, 4) is 6.07 Å². The fourth-order valence-electron chi connectivity index (χ4n) is 2.42. The Morgan fingerprint density at radius 1 is 1.29 bits per heavy atom. The van der Waals surface area contributed by atoms with E-state index in [9.17, 15) is 4.79 Å². The molecule has 1 amide bonds. The quantitative estimate of drug-likeness (QED) is 0.683. The third kappa shape index (κ3) is 4.01. The van der Waals surface area contributed by atoms with Gasteiger partial charge in [-0.2, -0.15) is 5.26 Å². The number of carbonyl (C=O) groups excluding carboxylic acids is 1. The molecule has 0 aliphatic heterocycles.